The summed E-state index contributed by atoms with van der Waals surface area (Å²) in [5.41, 5.74) is 6.68. The molecule has 0 spiro atoms. The number of esters is 1. The van der Waals surface area contributed by atoms with E-state index < -0.39 is 12.0 Å². The molecule has 2 N–H and O–H groups in total. The monoisotopic (exact) mass is 367 g/mol. The summed E-state index contributed by atoms with van der Waals surface area (Å²) >= 11 is 0. The van der Waals surface area contributed by atoms with Gasteiger partial charge in [-0.25, -0.2) is 4.79 Å². The van der Waals surface area contributed by atoms with Crippen LogP contribution in [0.1, 0.15) is 6.92 Å². The van der Waals surface area contributed by atoms with Crippen molar-refractivity contribution < 1.29 is 23.4 Å². The van der Waals surface area contributed by atoms with Gasteiger partial charge in [0, 0.05) is 6.07 Å². The smallest absolute Gasteiger partial charge is 0.328 e. The van der Waals surface area contributed by atoms with Gasteiger partial charge < -0.3 is 24.4 Å². The summed E-state index contributed by atoms with van der Waals surface area (Å²) in [6.07, 6.45) is 1.38. The first-order valence-corrected chi connectivity index (χ1v) is 8.46. The maximum atomic E-state index is 12.9. The minimum atomic E-state index is -0.745. The van der Waals surface area contributed by atoms with E-state index in [-0.39, 0.29) is 11.2 Å². The van der Waals surface area contributed by atoms with E-state index in [4.69, 9.17) is 24.4 Å². The van der Waals surface area contributed by atoms with Crippen molar-refractivity contribution in [3.8, 4) is 28.4 Å². The molecule has 4 rings (SSSR count). The Morgan fingerprint density at radius 3 is 2.67 bits per heavy atom. The Kier molecular flexibility index (Phi) is 4.29. The van der Waals surface area contributed by atoms with Gasteiger partial charge >= 0.3 is 5.97 Å². The van der Waals surface area contributed by atoms with Crippen LogP contribution in [0.15, 0.2) is 51.9 Å². The second-order valence-corrected chi connectivity index (χ2v) is 6.20. The topological polar surface area (TPSA) is 101 Å². The van der Waals surface area contributed by atoms with Crippen LogP contribution in [0.25, 0.3) is 22.1 Å². The van der Waals surface area contributed by atoms with Gasteiger partial charge in [-0.2, -0.15) is 0 Å². The maximum absolute atomic E-state index is 12.9. The van der Waals surface area contributed by atoms with E-state index in [0.29, 0.717) is 46.8 Å². The molecular formula is C20H17NO6. The van der Waals surface area contributed by atoms with Gasteiger partial charge in [0.05, 0.1) is 10.9 Å². The van der Waals surface area contributed by atoms with Gasteiger partial charge in [0.2, 0.25) is 0 Å². The van der Waals surface area contributed by atoms with Gasteiger partial charge in [-0.05, 0) is 36.8 Å². The highest BCUT2D eigenvalue weighted by Crippen LogP contribution is 2.34. The average Bonchev–Trinajstić information content (AvgIpc) is 2.68. The molecule has 138 valence electrons. The third kappa shape index (κ3) is 3.24. The van der Waals surface area contributed by atoms with Crippen molar-refractivity contribution >= 4 is 16.9 Å². The van der Waals surface area contributed by atoms with E-state index in [1.807, 2.05) is 0 Å². The summed E-state index contributed by atoms with van der Waals surface area (Å²) in [6, 6.07) is 9.15. The number of ether oxygens (including phenoxy) is 3. The van der Waals surface area contributed by atoms with Gasteiger partial charge in [0.15, 0.2) is 16.9 Å². The standard InChI is InChI=1S/C20H17NO6/c1-11(21)20(23)27-13-3-4-14-17(9-13)26-10-15(19(14)22)12-2-5-16-18(8-12)25-7-6-24-16/h2-5,8-11H,6-7,21H2,1H3/t11-/m1/s1. The van der Waals surface area contributed by atoms with Crippen LogP contribution in [0.3, 0.4) is 0 Å². The van der Waals surface area contributed by atoms with E-state index in [1.165, 1.54) is 25.3 Å². The number of nitrogens with two attached hydrogens (primary N) is 1. The molecule has 0 saturated carbocycles. The van der Waals surface area contributed by atoms with Crippen molar-refractivity contribution in [3.63, 3.8) is 0 Å². The molecule has 1 aliphatic rings. The third-order valence-electron chi connectivity index (χ3n) is 4.19. The van der Waals surface area contributed by atoms with Crippen molar-refractivity contribution in [2.24, 2.45) is 5.73 Å². The molecule has 2 heterocycles. The molecule has 7 nitrogen and oxygen atoms in total. The highest BCUT2D eigenvalue weighted by molar-refractivity contribution is 5.84. The first kappa shape index (κ1) is 17.1. The van der Waals surface area contributed by atoms with E-state index in [1.54, 1.807) is 24.3 Å². The minimum Gasteiger partial charge on any atom is -0.486 e. The Labute approximate surface area is 154 Å². The molecule has 27 heavy (non-hydrogen) atoms. The molecule has 0 unspecified atom stereocenters. The SMILES string of the molecule is C[C@@H](N)C(=O)Oc1ccc2c(=O)c(-c3ccc4c(c3)OCCO4)coc2c1. The van der Waals surface area contributed by atoms with Crippen molar-refractivity contribution in [1.82, 2.24) is 0 Å². The fourth-order valence-electron chi connectivity index (χ4n) is 2.79. The van der Waals surface area contributed by atoms with Crippen LogP contribution in [-0.4, -0.2) is 25.2 Å². The molecule has 7 heteroatoms. The summed E-state index contributed by atoms with van der Waals surface area (Å²) < 4.78 is 21.8. The summed E-state index contributed by atoms with van der Waals surface area (Å²) in [7, 11) is 0. The fraction of sp³-hybridized carbons (Fsp3) is 0.200. The predicted molar refractivity (Wildman–Crippen MR) is 98.2 cm³/mol. The van der Waals surface area contributed by atoms with Crippen molar-refractivity contribution in [3.05, 3.63) is 52.9 Å². The molecule has 2 aromatic carbocycles. The van der Waals surface area contributed by atoms with Crippen molar-refractivity contribution in [2.75, 3.05) is 13.2 Å². The van der Waals surface area contributed by atoms with Crippen LogP contribution >= 0.6 is 0 Å². The van der Waals surface area contributed by atoms with Crippen LogP contribution in [0, 0.1) is 0 Å². The Morgan fingerprint density at radius 2 is 1.89 bits per heavy atom. The van der Waals surface area contributed by atoms with Crippen LogP contribution in [0.5, 0.6) is 17.2 Å². The zero-order valence-electron chi connectivity index (χ0n) is 14.6. The molecule has 1 atom stereocenters. The zero-order chi connectivity index (χ0) is 19.0. The fourth-order valence-corrected chi connectivity index (χ4v) is 2.79. The van der Waals surface area contributed by atoms with Crippen LogP contribution < -0.4 is 25.4 Å². The Morgan fingerprint density at radius 1 is 1.11 bits per heavy atom. The lowest BCUT2D eigenvalue weighted by molar-refractivity contribution is -0.135. The molecule has 0 amide bonds. The van der Waals surface area contributed by atoms with Crippen LogP contribution in [0.4, 0.5) is 0 Å². The lowest BCUT2D eigenvalue weighted by Gasteiger charge is -2.18. The number of carbonyl (C=O) groups excluding carboxylic acids is 1. The van der Waals surface area contributed by atoms with Gasteiger partial charge in [-0.1, -0.05) is 6.07 Å². The molecular weight excluding hydrogens is 350 g/mol. The minimum absolute atomic E-state index is 0.196. The Balaban J connectivity index is 1.72. The third-order valence-corrected chi connectivity index (χ3v) is 4.19. The molecule has 1 aromatic heterocycles. The summed E-state index contributed by atoms with van der Waals surface area (Å²) in [5.74, 6) is 0.941. The maximum Gasteiger partial charge on any atom is 0.328 e. The summed E-state index contributed by atoms with van der Waals surface area (Å²) in [6.45, 7) is 2.50. The average molecular weight is 367 g/mol. The number of carbonyl (C=O) groups is 1. The van der Waals surface area contributed by atoms with Gasteiger partial charge in [0.25, 0.3) is 0 Å². The van der Waals surface area contributed by atoms with E-state index in [9.17, 15) is 9.59 Å². The van der Waals surface area contributed by atoms with Gasteiger partial charge in [0.1, 0.15) is 36.9 Å². The second-order valence-electron chi connectivity index (χ2n) is 6.20. The number of fused-ring (bicyclic) bond motifs is 2. The molecule has 0 saturated heterocycles. The quantitative estimate of drug-likeness (QED) is 0.560. The van der Waals surface area contributed by atoms with Crippen molar-refractivity contribution in [2.45, 2.75) is 13.0 Å². The van der Waals surface area contributed by atoms with E-state index in [0.717, 1.165) is 0 Å². The van der Waals surface area contributed by atoms with Gasteiger partial charge in [-0.15, -0.1) is 0 Å². The number of hydrogen-bond acceptors (Lipinski definition) is 7. The van der Waals surface area contributed by atoms with Gasteiger partial charge in [-0.3, -0.25) is 4.79 Å². The molecule has 0 bridgehead atoms. The summed E-state index contributed by atoms with van der Waals surface area (Å²) in [5, 5.41) is 0.378. The zero-order valence-corrected chi connectivity index (χ0v) is 14.6. The lowest BCUT2D eigenvalue weighted by atomic mass is 10.0. The predicted octanol–water partition coefficient (Wildman–Crippen LogP) is 2.48. The Hall–Kier alpha value is -3.32. The molecule has 1 aliphatic heterocycles. The first-order valence-electron chi connectivity index (χ1n) is 8.46. The Bertz CT molecular complexity index is 1090. The normalized spacial score (nSPS) is 14.0. The molecule has 0 aliphatic carbocycles. The highest BCUT2D eigenvalue weighted by atomic mass is 16.6. The molecule has 0 fully saturated rings. The van der Waals surface area contributed by atoms with E-state index >= 15 is 0 Å². The van der Waals surface area contributed by atoms with Crippen LogP contribution in [0.2, 0.25) is 0 Å². The molecule has 0 radical (unpaired) electrons. The first-order chi connectivity index (χ1) is 13.0. The second kappa shape index (κ2) is 6.77. The largest absolute Gasteiger partial charge is 0.486 e. The lowest BCUT2D eigenvalue weighted by Crippen LogP contribution is -2.30. The van der Waals surface area contributed by atoms with E-state index in [2.05, 4.69) is 0 Å². The number of benzene rings is 2. The number of hydrogen-bond donors (Lipinski definition) is 1. The highest BCUT2D eigenvalue weighted by Gasteiger charge is 2.16. The van der Waals surface area contributed by atoms with Crippen molar-refractivity contribution in [1.29, 1.82) is 0 Å². The summed E-state index contributed by atoms with van der Waals surface area (Å²) in [4.78, 5) is 24.5. The van der Waals surface area contributed by atoms with Crippen LogP contribution in [-0.2, 0) is 4.79 Å². The number of rotatable bonds is 3. The molecule has 3 aromatic rings.